The molecule has 1 aromatic carbocycles. The Balaban J connectivity index is 2.27. The molecule has 0 radical (unpaired) electrons. The Bertz CT molecular complexity index is 353. The summed E-state index contributed by atoms with van der Waals surface area (Å²) in [4.78, 5) is 11.1. The van der Waals surface area contributed by atoms with Crippen molar-refractivity contribution in [2.75, 3.05) is 0 Å². The van der Waals surface area contributed by atoms with E-state index in [4.69, 9.17) is 23.2 Å². The quantitative estimate of drug-likeness (QED) is 0.715. The maximum Gasteiger partial charge on any atom is 0.133 e. The molecule has 3 heteroatoms. The fraction of sp³-hybridized carbons (Fsp3) is 0.364. The van der Waals surface area contributed by atoms with E-state index in [1.54, 1.807) is 6.07 Å². The van der Waals surface area contributed by atoms with Crippen molar-refractivity contribution in [2.45, 2.75) is 25.2 Å². The van der Waals surface area contributed by atoms with Crippen LogP contribution < -0.4 is 0 Å². The van der Waals surface area contributed by atoms with E-state index < -0.39 is 0 Å². The van der Waals surface area contributed by atoms with Crippen LogP contribution in [0, 0.1) is 0 Å². The van der Waals surface area contributed by atoms with E-state index >= 15 is 0 Å². The monoisotopic (exact) mass is 228 g/mol. The van der Waals surface area contributed by atoms with Crippen LogP contribution in [0.3, 0.4) is 0 Å². The molecule has 0 heterocycles. The van der Waals surface area contributed by atoms with E-state index in [0.29, 0.717) is 34.6 Å². The molecular formula is C11H10Cl2O. The van der Waals surface area contributed by atoms with Crippen LogP contribution in [0.5, 0.6) is 0 Å². The van der Waals surface area contributed by atoms with Crippen LogP contribution in [0.15, 0.2) is 18.2 Å². The molecule has 74 valence electrons. The first-order valence-electron chi connectivity index (χ1n) is 4.63. The van der Waals surface area contributed by atoms with Crippen LogP contribution in [0.4, 0.5) is 0 Å². The Kier molecular flexibility index (Phi) is 2.80. The van der Waals surface area contributed by atoms with E-state index in [2.05, 4.69) is 0 Å². The molecule has 1 aromatic rings. The zero-order valence-corrected chi connectivity index (χ0v) is 9.11. The van der Waals surface area contributed by atoms with Gasteiger partial charge in [0.15, 0.2) is 0 Å². The van der Waals surface area contributed by atoms with Gasteiger partial charge in [-0.1, -0.05) is 23.2 Å². The molecule has 1 aliphatic rings. The molecule has 0 amide bonds. The average Bonchev–Trinajstić information content (AvgIpc) is 2.50. The largest absolute Gasteiger partial charge is 0.300 e. The minimum atomic E-state index is 0.318. The second-order valence-corrected chi connectivity index (χ2v) is 4.55. The summed E-state index contributed by atoms with van der Waals surface area (Å²) < 4.78 is 0. The van der Waals surface area contributed by atoms with Gasteiger partial charge in [-0.15, -0.1) is 0 Å². The van der Waals surface area contributed by atoms with Gasteiger partial charge in [0.1, 0.15) is 5.78 Å². The number of hydrogen-bond donors (Lipinski definition) is 0. The molecule has 1 saturated carbocycles. The predicted octanol–water partition coefficient (Wildman–Crippen LogP) is 3.83. The summed E-state index contributed by atoms with van der Waals surface area (Å²) in [5.74, 6) is 0.657. The highest BCUT2D eigenvalue weighted by Gasteiger charge is 2.23. The van der Waals surface area contributed by atoms with E-state index in [1.807, 2.05) is 12.1 Å². The third-order valence-electron chi connectivity index (χ3n) is 2.60. The van der Waals surface area contributed by atoms with Gasteiger partial charge < -0.3 is 0 Å². The Morgan fingerprint density at radius 2 is 1.79 bits per heavy atom. The molecule has 0 saturated heterocycles. The van der Waals surface area contributed by atoms with E-state index in [-0.39, 0.29) is 0 Å². The van der Waals surface area contributed by atoms with Gasteiger partial charge in [0.2, 0.25) is 0 Å². The minimum Gasteiger partial charge on any atom is -0.300 e. The first kappa shape index (κ1) is 10.0. The standard InChI is InChI=1S/C11H10Cl2O/c12-9-3-8(4-10(13)6-9)7-1-2-11(14)5-7/h3-4,6-7H,1-2,5H2. The summed E-state index contributed by atoms with van der Waals surface area (Å²) in [6.07, 6.45) is 2.25. The fourth-order valence-electron chi connectivity index (χ4n) is 1.91. The number of Topliss-reactive ketones (excluding diaryl/α,β-unsaturated/α-hetero) is 1. The van der Waals surface area contributed by atoms with Crippen molar-refractivity contribution in [1.29, 1.82) is 0 Å². The van der Waals surface area contributed by atoms with E-state index in [0.717, 1.165) is 12.0 Å². The second-order valence-electron chi connectivity index (χ2n) is 3.68. The normalized spacial score (nSPS) is 21.6. The lowest BCUT2D eigenvalue weighted by molar-refractivity contribution is -0.117. The molecule has 2 rings (SSSR count). The van der Waals surface area contributed by atoms with Gasteiger partial charge in [-0.2, -0.15) is 0 Å². The second kappa shape index (κ2) is 3.92. The lowest BCUT2D eigenvalue weighted by Crippen LogP contribution is -1.94. The molecule has 14 heavy (non-hydrogen) atoms. The maximum absolute atomic E-state index is 11.1. The molecule has 1 atom stereocenters. The van der Waals surface area contributed by atoms with Gasteiger partial charge >= 0.3 is 0 Å². The van der Waals surface area contributed by atoms with Crippen LogP contribution >= 0.6 is 23.2 Å². The summed E-state index contributed by atoms with van der Waals surface area (Å²) in [7, 11) is 0. The highest BCUT2D eigenvalue weighted by molar-refractivity contribution is 6.34. The fourth-order valence-corrected chi connectivity index (χ4v) is 2.45. The van der Waals surface area contributed by atoms with Crippen molar-refractivity contribution >= 4 is 29.0 Å². The number of carbonyl (C=O) groups excluding carboxylic acids is 1. The van der Waals surface area contributed by atoms with Crippen LogP contribution in [-0.2, 0) is 4.79 Å². The molecule has 1 aliphatic carbocycles. The van der Waals surface area contributed by atoms with E-state index in [1.165, 1.54) is 0 Å². The topological polar surface area (TPSA) is 17.1 Å². The summed E-state index contributed by atoms with van der Waals surface area (Å²) in [6, 6.07) is 5.51. The lowest BCUT2D eigenvalue weighted by Gasteiger charge is -2.09. The van der Waals surface area contributed by atoms with Crippen LogP contribution in [0.1, 0.15) is 30.7 Å². The summed E-state index contributed by atoms with van der Waals surface area (Å²) in [5.41, 5.74) is 1.09. The predicted molar refractivity (Wildman–Crippen MR) is 58.1 cm³/mol. The summed E-state index contributed by atoms with van der Waals surface area (Å²) >= 11 is 11.8. The van der Waals surface area contributed by atoms with Gasteiger partial charge in [-0.25, -0.2) is 0 Å². The molecule has 0 aromatic heterocycles. The number of carbonyl (C=O) groups is 1. The number of benzene rings is 1. The smallest absolute Gasteiger partial charge is 0.133 e. The van der Waals surface area contributed by atoms with E-state index in [9.17, 15) is 4.79 Å². The molecular weight excluding hydrogens is 219 g/mol. The molecule has 1 unspecified atom stereocenters. The first-order chi connectivity index (χ1) is 6.65. The van der Waals surface area contributed by atoms with Gasteiger partial charge in [-0.3, -0.25) is 4.79 Å². The third kappa shape index (κ3) is 2.10. The van der Waals surface area contributed by atoms with Crippen molar-refractivity contribution in [3.05, 3.63) is 33.8 Å². The number of rotatable bonds is 1. The average molecular weight is 229 g/mol. The lowest BCUT2D eigenvalue weighted by atomic mass is 9.98. The molecule has 0 N–H and O–H groups in total. The highest BCUT2D eigenvalue weighted by Crippen LogP contribution is 2.34. The Labute approximate surface area is 93.0 Å². The Hall–Kier alpha value is -0.530. The zero-order valence-electron chi connectivity index (χ0n) is 7.59. The highest BCUT2D eigenvalue weighted by atomic mass is 35.5. The number of hydrogen-bond acceptors (Lipinski definition) is 1. The van der Waals surface area contributed by atoms with Gasteiger partial charge in [0.05, 0.1) is 0 Å². The Morgan fingerprint density at radius 3 is 2.29 bits per heavy atom. The number of halogens is 2. The van der Waals surface area contributed by atoms with Crippen LogP contribution in [0.25, 0.3) is 0 Å². The van der Waals surface area contributed by atoms with Crippen molar-refractivity contribution in [1.82, 2.24) is 0 Å². The zero-order chi connectivity index (χ0) is 10.1. The van der Waals surface area contributed by atoms with Crippen LogP contribution in [0.2, 0.25) is 10.0 Å². The van der Waals surface area contributed by atoms with Crippen molar-refractivity contribution < 1.29 is 4.79 Å². The summed E-state index contributed by atoms with van der Waals surface area (Å²) in [5, 5.41) is 1.29. The van der Waals surface area contributed by atoms with Gasteiger partial charge in [-0.05, 0) is 36.1 Å². The molecule has 1 fully saturated rings. The minimum absolute atomic E-state index is 0.318. The molecule has 0 spiro atoms. The SMILES string of the molecule is O=C1CCC(c2cc(Cl)cc(Cl)c2)C1. The maximum atomic E-state index is 11.1. The first-order valence-corrected chi connectivity index (χ1v) is 5.38. The van der Waals surface area contributed by atoms with Crippen LogP contribution in [-0.4, -0.2) is 5.78 Å². The Morgan fingerprint density at radius 1 is 1.14 bits per heavy atom. The molecule has 0 bridgehead atoms. The van der Waals surface area contributed by atoms with Crippen molar-refractivity contribution in [2.24, 2.45) is 0 Å². The van der Waals surface area contributed by atoms with Gasteiger partial charge in [0, 0.05) is 22.9 Å². The third-order valence-corrected chi connectivity index (χ3v) is 3.04. The van der Waals surface area contributed by atoms with Crippen molar-refractivity contribution in [3.63, 3.8) is 0 Å². The number of ketones is 1. The molecule has 0 aliphatic heterocycles. The van der Waals surface area contributed by atoms with Gasteiger partial charge in [0.25, 0.3) is 0 Å². The van der Waals surface area contributed by atoms with Crippen molar-refractivity contribution in [3.8, 4) is 0 Å². The molecule has 1 nitrogen and oxygen atoms in total. The summed E-state index contributed by atoms with van der Waals surface area (Å²) in [6.45, 7) is 0.